The van der Waals surface area contributed by atoms with Crippen molar-refractivity contribution in [1.82, 2.24) is 5.32 Å². The monoisotopic (exact) mass is 491 g/mol. The van der Waals surface area contributed by atoms with Crippen LogP contribution in [0.4, 0.5) is 0 Å². The molecule has 0 saturated heterocycles. The second kappa shape index (κ2) is 12.9. The van der Waals surface area contributed by atoms with Gasteiger partial charge in [-0.25, -0.2) is 0 Å². The summed E-state index contributed by atoms with van der Waals surface area (Å²) >= 11 is 0. The van der Waals surface area contributed by atoms with Crippen LogP contribution in [-0.2, 0) is 11.3 Å². The van der Waals surface area contributed by atoms with Crippen molar-refractivity contribution in [3.05, 3.63) is 83.4 Å². The highest BCUT2D eigenvalue weighted by Gasteiger charge is 2.14. The minimum atomic E-state index is -0.300. The highest BCUT2D eigenvalue weighted by molar-refractivity contribution is 6.06. The van der Waals surface area contributed by atoms with Crippen molar-refractivity contribution < 1.29 is 33.3 Å². The number of hydrogen-bond acceptors (Lipinski definition) is 7. The Morgan fingerprint density at radius 2 is 1.39 bits per heavy atom. The van der Waals surface area contributed by atoms with Gasteiger partial charge in [-0.3, -0.25) is 9.59 Å². The molecule has 188 valence electrons. The number of benzene rings is 3. The van der Waals surface area contributed by atoms with Crippen molar-refractivity contribution in [2.24, 2.45) is 0 Å². The first-order chi connectivity index (χ1) is 17.5. The molecule has 0 atom stereocenters. The Bertz CT molecular complexity index is 1180. The molecule has 8 nitrogen and oxygen atoms in total. The Balaban J connectivity index is 1.50. The number of carbonyl (C=O) groups is 2. The van der Waals surface area contributed by atoms with E-state index in [0.717, 1.165) is 16.9 Å². The summed E-state index contributed by atoms with van der Waals surface area (Å²) in [5.41, 5.74) is 2.18. The lowest BCUT2D eigenvalue weighted by atomic mass is 10.1. The van der Waals surface area contributed by atoms with E-state index in [9.17, 15) is 9.59 Å². The number of nitrogens with one attached hydrogen (secondary N) is 1. The Morgan fingerprint density at radius 3 is 1.94 bits per heavy atom. The fourth-order valence-corrected chi connectivity index (χ4v) is 3.34. The molecule has 0 spiro atoms. The van der Waals surface area contributed by atoms with Gasteiger partial charge in [-0.15, -0.1) is 0 Å². The van der Waals surface area contributed by atoms with Crippen molar-refractivity contribution >= 4 is 17.8 Å². The van der Waals surface area contributed by atoms with Crippen molar-refractivity contribution in [3.8, 4) is 28.7 Å². The summed E-state index contributed by atoms with van der Waals surface area (Å²) in [4.78, 5) is 24.7. The highest BCUT2D eigenvalue weighted by atomic mass is 16.5. The highest BCUT2D eigenvalue weighted by Crippen LogP contribution is 2.38. The number of ketones is 1. The number of amides is 1. The Hall–Kier alpha value is -4.46. The fraction of sp³-hybridized carbons (Fsp3) is 0.214. The molecule has 0 heterocycles. The predicted octanol–water partition coefficient (Wildman–Crippen LogP) is 4.31. The molecule has 0 unspecified atom stereocenters. The molecule has 0 bridgehead atoms. The van der Waals surface area contributed by atoms with Gasteiger partial charge in [-0.1, -0.05) is 18.2 Å². The number of rotatable bonds is 12. The van der Waals surface area contributed by atoms with Crippen molar-refractivity contribution in [3.63, 3.8) is 0 Å². The van der Waals surface area contributed by atoms with E-state index in [1.165, 1.54) is 27.4 Å². The SMILES string of the molecule is COc1ccc(/C=C/C(=O)c2ccc(OCC(=O)NCc3cc(OC)c(OC)c(OC)c3)cc2)cc1. The van der Waals surface area contributed by atoms with Crippen LogP contribution in [-0.4, -0.2) is 46.7 Å². The summed E-state index contributed by atoms with van der Waals surface area (Å²) < 4.78 is 26.6. The Morgan fingerprint density at radius 1 is 0.778 bits per heavy atom. The van der Waals surface area contributed by atoms with E-state index in [0.29, 0.717) is 28.6 Å². The lowest BCUT2D eigenvalue weighted by Crippen LogP contribution is -2.28. The van der Waals surface area contributed by atoms with E-state index in [1.807, 2.05) is 24.3 Å². The lowest BCUT2D eigenvalue weighted by molar-refractivity contribution is -0.123. The van der Waals surface area contributed by atoms with Crippen LogP contribution in [0.5, 0.6) is 28.7 Å². The van der Waals surface area contributed by atoms with Gasteiger partial charge in [-0.05, 0) is 65.7 Å². The number of hydrogen-bond donors (Lipinski definition) is 1. The molecule has 0 saturated carbocycles. The first-order valence-electron chi connectivity index (χ1n) is 11.1. The molecule has 3 aromatic rings. The molecular weight excluding hydrogens is 462 g/mol. The van der Waals surface area contributed by atoms with Crippen LogP contribution < -0.4 is 29.0 Å². The summed E-state index contributed by atoms with van der Waals surface area (Å²) in [6.07, 6.45) is 3.25. The van der Waals surface area contributed by atoms with Gasteiger partial charge in [0, 0.05) is 12.1 Å². The normalized spacial score (nSPS) is 10.6. The first kappa shape index (κ1) is 26.2. The number of methoxy groups -OCH3 is 4. The van der Waals surface area contributed by atoms with Crippen LogP contribution in [0.3, 0.4) is 0 Å². The Kier molecular flexibility index (Phi) is 9.33. The van der Waals surface area contributed by atoms with Crippen LogP contribution in [0.25, 0.3) is 6.08 Å². The molecule has 8 heteroatoms. The van der Waals surface area contributed by atoms with Crippen LogP contribution in [0.2, 0.25) is 0 Å². The van der Waals surface area contributed by atoms with Gasteiger partial charge in [-0.2, -0.15) is 0 Å². The predicted molar refractivity (Wildman–Crippen MR) is 136 cm³/mol. The van der Waals surface area contributed by atoms with E-state index < -0.39 is 0 Å². The number of allylic oxidation sites excluding steroid dienone is 1. The fourth-order valence-electron chi connectivity index (χ4n) is 3.34. The van der Waals surface area contributed by atoms with E-state index in [2.05, 4.69) is 5.32 Å². The molecular formula is C28H29NO7. The smallest absolute Gasteiger partial charge is 0.258 e. The minimum Gasteiger partial charge on any atom is -0.497 e. The summed E-state index contributed by atoms with van der Waals surface area (Å²) in [6.45, 7) is 0.0853. The molecule has 0 aliphatic rings. The van der Waals surface area contributed by atoms with Crippen LogP contribution in [0, 0.1) is 0 Å². The molecule has 0 aliphatic carbocycles. The zero-order valence-electron chi connectivity index (χ0n) is 20.7. The largest absolute Gasteiger partial charge is 0.497 e. The number of ether oxygens (including phenoxy) is 5. The van der Waals surface area contributed by atoms with Crippen LogP contribution >= 0.6 is 0 Å². The average Bonchev–Trinajstić information content (AvgIpc) is 2.93. The van der Waals surface area contributed by atoms with Gasteiger partial charge in [0.2, 0.25) is 5.75 Å². The zero-order chi connectivity index (χ0) is 25.9. The molecule has 0 aliphatic heterocycles. The lowest BCUT2D eigenvalue weighted by Gasteiger charge is -2.14. The average molecular weight is 492 g/mol. The van der Waals surface area contributed by atoms with Gasteiger partial charge in [0.1, 0.15) is 11.5 Å². The maximum absolute atomic E-state index is 12.4. The van der Waals surface area contributed by atoms with E-state index in [-0.39, 0.29) is 24.8 Å². The summed E-state index contributed by atoms with van der Waals surface area (Å²) in [5, 5.41) is 2.79. The second-order valence-electron chi connectivity index (χ2n) is 7.59. The molecule has 0 fully saturated rings. The molecule has 3 rings (SSSR count). The quantitative estimate of drug-likeness (QED) is 0.298. The molecule has 1 N–H and O–H groups in total. The molecule has 0 radical (unpaired) electrons. The van der Waals surface area contributed by atoms with Gasteiger partial charge < -0.3 is 29.0 Å². The Labute approximate surface area is 210 Å². The first-order valence-corrected chi connectivity index (χ1v) is 11.1. The van der Waals surface area contributed by atoms with Crippen molar-refractivity contribution in [2.45, 2.75) is 6.54 Å². The molecule has 1 amide bonds. The summed E-state index contributed by atoms with van der Waals surface area (Å²) in [7, 11) is 6.19. The molecule has 3 aromatic carbocycles. The summed E-state index contributed by atoms with van der Waals surface area (Å²) in [5.74, 6) is 2.29. The van der Waals surface area contributed by atoms with E-state index >= 15 is 0 Å². The van der Waals surface area contributed by atoms with Gasteiger partial charge >= 0.3 is 0 Å². The van der Waals surface area contributed by atoms with Crippen LogP contribution in [0.1, 0.15) is 21.5 Å². The van der Waals surface area contributed by atoms with E-state index in [4.69, 9.17) is 23.7 Å². The maximum Gasteiger partial charge on any atom is 0.258 e. The molecule has 36 heavy (non-hydrogen) atoms. The number of carbonyl (C=O) groups excluding carboxylic acids is 2. The van der Waals surface area contributed by atoms with Gasteiger partial charge in [0.15, 0.2) is 23.9 Å². The third kappa shape index (κ3) is 7.02. The zero-order valence-corrected chi connectivity index (χ0v) is 20.7. The molecule has 0 aromatic heterocycles. The minimum absolute atomic E-state index is 0.138. The second-order valence-corrected chi connectivity index (χ2v) is 7.59. The van der Waals surface area contributed by atoms with E-state index in [1.54, 1.807) is 49.6 Å². The topological polar surface area (TPSA) is 92.3 Å². The van der Waals surface area contributed by atoms with Crippen molar-refractivity contribution in [2.75, 3.05) is 35.0 Å². The van der Waals surface area contributed by atoms with Gasteiger partial charge in [0.25, 0.3) is 5.91 Å². The maximum atomic E-state index is 12.4. The third-order valence-corrected chi connectivity index (χ3v) is 5.27. The van der Waals surface area contributed by atoms with Gasteiger partial charge in [0.05, 0.1) is 28.4 Å². The standard InChI is InChI=1S/C28H29NO7/c1-32-22-10-5-19(6-11-22)7-14-24(30)21-8-12-23(13-9-21)36-18-27(31)29-17-20-15-25(33-2)28(35-4)26(16-20)34-3/h5-16H,17-18H2,1-4H3,(H,29,31)/b14-7+. The summed E-state index contributed by atoms with van der Waals surface area (Å²) in [6, 6.07) is 17.5. The van der Waals surface area contributed by atoms with Crippen molar-refractivity contribution in [1.29, 1.82) is 0 Å². The van der Waals surface area contributed by atoms with Crippen LogP contribution in [0.15, 0.2) is 66.7 Å². The third-order valence-electron chi connectivity index (χ3n) is 5.27.